The molecule has 32 heavy (non-hydrogen) atoms. The number of unbranched alkanes of at least 4 members (excludes halogenated alkanes) is 1. The maximum absolute atomic E-state index is 11.9. The number of imidazole rings is 1. The normalized spacial score (nSPS) is 12.5. The summed E-state index contributed by atoms with van der Waals surface area (Å²) in [7, 11) is -0.588. The van der Waals surface area contributed by atoms with E-state index < -0.39 is 14.3 Å². The predicted octanol–water partition coefficient (Wildman–Crippen LogP) is 6.64. The zero-order valence-electron chi connectivity index (χ0n) is 20.5. The number of aromatic nitrogens is 2. The highest BCUT2D eigenvalue weighted by molar-refractivity contribution is 6.74. The van der Waals surface area contributed by atoms with Gasteiger partial charge in [0, 0.05) is 17.5 Å². The van der Waals surface area contributed by atoms with Crippen LogP contribution in [0, 0.1) is 0 Å². The minimum absolute atomic E-state index is 0.0974. The van der Waals surface area contributed by atoms with Gasteiger partial charge in [0.1, 0.15) is 5.82 Å². The molecule has 2 aromatic rings. The average Bonchev–Trinajstić information content (AvgIpc) is 3.06. The number of nitrogens with zero attached hydrogens (tertiary/aromatic N) is 2. The summed E-state index contributed by atoms with van der Waals surface area (Å²) in [6, 6.07) is 7.82. The Bertz CT molecular complexity index is 945. The molecule has 0 atom stereocenters. The first-order chi connectivity index (χ1) is 15.0. The Kier molecular flexibility index (Phi) is 9.31. The summed E-state index contributed by atoms with van der Waals surface area (Å²) in [4.78, 5) is 16.8. The van der Waals surface area contributed by atoms with Crippen molar-refractivity contribution in [2.45, 2.75) is 78.2 Å². The van der Waals surface area contributed by atoms with Gasteiger partial charge in [-0.25, -0.2) is 9.78 Å². The minimum atomic E-state index is -1.96. The number of benzene rings is 1. The van der Waals surface area contributed by atoms with E-state index in [4.69, 9.17) is 25.7 Å². The highest BCUT2D eigenvalue weighted by atomic mass is 35.5. The average molecular weight is 477 g/mol. The molecule has 0 radical (unpaired) electrons. The quantitative estimate of drug-likeness (QED) is 0.219. The van der Waals surface area contributed by atoms with Gasteiger partial charge in [0.2, 0.25) is 0 Å². The number of aryl methyl sites for hydroxylation is 1. The van der Waals surface area contributed by atoms with Crippen LogP contribution in [0.25, 0.3) is 6.08 Å². The maximum atomic E-state index is 11.9. The van der Waals surface area contributed by atoms with E-state index in [-0.39, 0.29) is 5.04 Å². The number of ether oxygens (including phenoxy) is 1. The van der Waals surface area contributed by atoms with Crippen LogP contribution in [0.4, 0.5) is 0 Å². The second-order valence-corrected chi connectivity index (χ2v) is 14.8. The van der Waals surface area contributed by atoms with Crippen LogP contribution in [-0.4, -0.2) is 30.9 Å². The SMILES string of the molecule is CCCCc1nc(CO[Si](C)(C)C(C)(C)C)c(C=CC(=O)OC)n1Cc1ccccc1Cl. The van der Waals surface area contributed by atoms with Crippen LogP contribution >= 0.6 is 11.6 Å². The van der Waals surface area contributed by atoms with E-state index in [9.17, 15) is 4.79 Å². The third-order valence-electron chi connectivity index (χ3n) is 6.16. The van der Waals surface area contributed by atoms with Crippen LogP contribution < -0.4 is 0 Å². The van der Waals surface area contributed by atoms with Gasteiger partial charge in [-0.15, -0.1) is 0 Å². The number of halogens is 1. The van der Waals surface area contributed by atoms with Gasteiger partial charge in [0.15, 0.2) is 8.32 Å². The number of rotatable bonds is 10. The molecule has 1 heterocycles. The van der Waals surface area contributed by atoms with Gasteiger partial charge in [-0.3, -0.25) is 0 Å². The number of esters is 1. The van der Waals surface area contributed by atoms with Gasteiger partial charge >= 0.3 is 5.97 Å². The summed E-state index contributed by atoms with van der Waals surface area (Å²) in [5.41, 5.74) is 2.71. The molecule has 0 bridgehead atoms. The lowest BCUT2D eigenvalue weighted by Crippen LogP contribution is -2.40. The van der Waals surface area contributed by atoms with E-state index in [2.05, 4.69) is 45.4 Å². The first kappa shape index (κ1) is 26.4. The fourth-order valence-corrected chi connectivity index (χ4v) is 4.17. The second kappa shape index (κ2) is 11.3. The minimum Gasteiger partial charge on any atom is -0.466 e. The molecule has 0 spiro atoms. The van der Waals surface area contributed by atoms with Gasteiger partial charge in [-0.1, -0.05) is 63.9 Å². The van der Waals surface area contributed by atoms with Crippen molar-refractivity contribution < 1.29 is 14.0 Å². The molecule has 7 heteroatoms. The van der Waals surface area contributed by atoms with Crippen LogP contribution in [0.3, 0.4) is 0 Å². The lowest BCUT2D eigenvalue weighted by atomic mass is 10.2. The molecular formula is C25H37ClN2O3Si. The molecule has 176 valence electrons. The number of methoxy groups -OCH3 is 1. The van der Waals surface area contributed by atoms with Crippen molar-refractivity contribution in [1.82, 2.24) is 9.55 Å². The van der Waals surface area contributed by atoms with Crippen molar-refractivity contribution in [3.63, 3.8) is 0 Å². The largest absolute Gasteiger partial charge is 0.466 e. The summed E-state index contributed by atoms with van der Waals surface area (Å²) in [5.74, 6) is 0.576. The monoisotopic (exact) mass is 476 g/mol. The first-order valence-electron chi connectivity index (χ1n) is 11.2. The fourth-order valence-electron chi connectivity index (χ4n) is 3.04. The van der Waals surface area contributed by atoms with Crippen LogP contribution in [0.2, 0.25) is 23.2 Å². The van der Waals surface area contributed by atoms with E-state index >= 15 is 0 Å². The van der Waals surface area contributed by atoms with Crippen molar-refractivity contribution in [2.24, 2.45) is 0 Å². The Morgan fingerprint density at radius 3 is 2.53 bits per heavy atom. The first-order valence-corrected chi connectivity index (χ1v) is 14.5. The van der Waals surface area contributed by atoms with Crippen molar-refractivity contribution in [3.05, 3.63) is 58.1 Å². The summed E-state index contributed by atoms with van der Waals surface area (Å²) in [6.07, 6.45) is 6.18. The molecule has 5 nitrogen and oxygen atoms in total. The smallest absolute Gasteiger partial charge is 0.330 e. The molecular weight excluding hydrogens is 440 g/mol. The highest BCUT2D eigenvalue weighted by Gasteiger charge is 2.37. The topological polar surface area (TPSA) is 53.4 Å². The number of hydrogen-bond donors (Lipinski definition) is 0. The zero-order chi connectivity index (χ0) is 23.9. The Hall–Kier alpha value is -1.89. The zero-order valence-corrected chi connectivity index (χ0v) is 22.3. The number of carbonyl (C=O) groups excluding carboxylic acids is 1. The fraction of sp³-hybridized carbons (Fsp3) is 0.520. The molecule has 2 rings (SSSR count). The Labute approximate surface area is 198 Å². The van der Waals surface area contributed by atoms with Crippen LogP contribution in [0.5, 0.6) is 0 Å². The Balaban J connectivity index is 2.53. The van der Waals surface area contributed by atoms with Crippen LogP contribution in [0.1, 0.15) is 63.3 Å². The van der Waals surface area contributed by atoms with Gasteiger partial charge in [-0.2, -0.15) is 0 Å². The van der Waals surface area contributed by atoms with E-state index in [0.29, 0.717) is 18.2 Å². The van der Waals surface area contributed by atoms with E-state index in [1.165, 1.54) is 13.2 Å². The van der Waals surface area contributed by atoms with E-state index in [1.54, 1.807) is 6.08 Å². The molecule has 1 aromatic heterocycles. The van der Waals surface area contributed by atoms with Crippen molar-refractivity contribution >= 4 is 32.0 Å². The van der Waals surface area contributed by atoms with Crippen molar-refractivity contribution in [1.29, 1.82) is 0 Å². The van der Waals surface area contributed by atoms with E-state index in [0.717, 1.165) is 42.0 Å². The molecule has 1 aromatic carbocycles. The molecule has 0 amide bonds. The number of carbonyl (C=O) groups is 1. The summed E-state index contributed by atoms with van der Waals surface area (Å²) >= 11 is 6.47. The van der Waals surface area contributed by atoms with Crippen molar-refractivity contribution in [2.75, 3.05) is 7.11 Å². The molecule has 0 N–H and O–H groups in total. The molecule has 0 fully saturated rings. The highest BCUT2D eigenvalue weighted by Crippen LogP contribution is 2.37. The van der Waals surface area contributed by atoms with Crippen molar-refractivity contribution in [3.8, 4) is 0 Å². The predicted molar refractivity (Wildman–Crippen MR) is 134 cm³/mol. The molecule has 0 saturated heterocycles. The molecule has 0 aliphatic carbocycles. The van der Waals surface area contributed by atoms with Crippen LogP contribution in [0.15, 0.2) is 30.3 Å². The summed E-state index contributed by atoms with van der Waals surface area (Å²) in [5, 5.41) is 0.810. The second-order valence-electron chi connectivity index (χ2n) is 9.55. The van der Waals surface area contributed by atoms with Gasteiger partial charge in [0.05, 0.1) is 31.6 Å². The van der Waals surface area contributed by atoms with E-state index in [1.807, 2.05) is 24.3 Å². The standard InChI is InChI=1S/C25H37ClN2O3Si/c1-8-9-14-23-27-21(18-31-32(6,7)25(2,3)4)22(15-16-24(29)30-5)28(23)17-19-12-10-11-13-20(19)26/h10-13,15-16H,8-9,14,17-18H2,1-7H3. The third kappa shape index (κ3) is 6.80. The Morgan fingerprint density at radius 1 is 1.25 bits per heavy atom. The molecule has 0 aliphatic heterocycles. The third-order valence-corrected chi connectivity index (χ3v) is 11.0. The van der Waals surface area contributed by atoms with Gasteiger partial charge in [-0.05, 0) is 42.3 Å². The summed E-state index contributed by atoms with van der Waals surface area (Å²) in [6.45, 7) is 14.3. The summed E-state index contributed by atoms with van der Waals surface area (Å²) < 4.78 is 13.5. The molecule has 0 unspecified atom stereocenters. The van der Waals surface area contributed by atoms with Gasteiger partial charge in [0.25, 0.3) is 0 Å². The van der Waals surface area contributed by atoms with Crippen LogP contribution in [-0.2, 0) is 33.5 Å². The van der Waals surface area contributed by atoms with Gasteiger partial charge < -0.3 is 13.7 Å². The maximum Gasteiger partial charge on any atom is 0.330 e. The Morgan fingerprint density at radius 2 is 1.94 bits per heavy atom. The molecule has 0 saturated carbocycles. The lowest BCUT2D eigenvalue weighted by molar-refractivity contribution is -0.134. The lowest BCUT2D eigenvalue weighted by Gasteiger charge is -2.36. The number of hydrogen-bond acceptors (Lipinski definition) is 4. The molecule has 0 aliphatic rings.